The van der Waals surface area contributed by atoms with Gasteiger partial charge in [-0.25, -0.2) is 4.39 Å². The molecule has 0 bridgehead atoms. The number of benzene rings is 2. The zero-order valence-corrected chi connectivity index (χ0v) is 17.4. The number of rotatable bonds is 4. The third kappa shape index (κ3) is 4.80. The van der Waals surface area contributed by atoms with E-state index in [9.17, 15) is 4.39 Å². The highest BCUT2D eigenvalue weighted by molar-refractivity contribution is 5.85. The SMILES string of the molecule is C[C@@H](c1ccc(-c2ccccc2)c(F)c1)c1cc(N=C(N)N2CCOCC2)on1.Cl. The fourth-order valence-corrected chi connectivity index (χ4v) is 3.33. The lowest BCUT2D eigenvalue weighted by molar-refractivity contribution is 0.0675. The van der Waals surface area contributed by atoms with Crippen molar-refractivity contribution in [3.63, 3.8) is 0 Å². The lowest BCUT2D eigenvalue weighted by Crippen LogP contribution is -2.44. The summed E-state index contributed by atoms with van der Waals surface area (Å²) in [5.41, 5.74) is 8.96. The minimum absolute atomic E-state index is 0. The number of hydrogen-bond acceptors (Lipinski definition) is 4. The summed E-state index contributed by atoms with van der Waals surface area (Å²) >= 11 is 0. The third-order valence-electron chi connectivity index (χ3n) is 5.10. The van der Waals surface area contributed by atoms with Crippen molar-refractivity contribution in [3.8, 4) is 11.1 Å². The van der Waals surface area contributed by atoms with Gasteiger partial charge in [0.25, 0.3) is 5.88 Å². The summed E-state index contributed by atoms with van der Waals surface area (Å²) in [5.74, 6) is 0.296. The lowest BCUT2D eigenvalue weighted by Gasteiger charge is -2.27. The Hall–Kier alpha value is -2.90. The molecule has 1 saturated heterocycles. The normalized spacial score (nSPS) is 15.5. The summed E-state index contributed by atoms with van der Waals surface area (Å²) < 4.78 is 25.3. The van der Waals surface area contributed by atoms with Crippen molar-refractivity contribution in [2.75, 3.05) is 26.3 Å². The average molecular weight is 431 g/mol. The van der Waals surface area contributed by atoms with Crippen molar-refractivity contribution in [3.05, 3.63) is 71.7 Å². The monoisotopic (exact) mass is 430 g/mol. The Morgan fingerprint density at radius 1 is 1.13 bits per heavy atom. The second-order valence-electron chi connectivity index (χ2n) is 6.99. The molecule has 2 aromatic carbocycles. The number of ether oxygens (including phenoxy) is 1. The molecule has 1 fully saturated rings. The zero-order chi connectivity index (χ0) is 20.2. The van der Waals surface area contributed by atoms with Gasteiger partial charge in [-0.3, -0.25) is 0 Å². The maximum atomic E-state index is 14.7. The van der Waals surface area contributed by atoms with Crippen LogP contribution in [0.25, 0.3) is 11.1 Å². The molecule has 1 atom stereocenters. The van der Waals surface area contributed by atoms with Gasteiger partial charge in [-0.05, 0) is 17.2 Å². The smallest absolute Gasteiger partial charge is 0.253 e. The molecule has 158 valence electrons. The minimum atomic E-state index is -0.265. The van der Waals surface area contributed by atoms with E-state index in [1.54, 1.807) is 18.2 Å². The fourth-order valence-electron chi connectivity index (χ4n) is 3.33. The Balaban J connectivity index is 0.00000256. The van der Waals surface area contributed by atoms with Crippen molar-refractivity contribution in [1.29, 1.82) is 0 Å². The molecule has 1 aromatic heterocycles. The first-order chi connectivity index (χ1) is 14.1. The van der Waals surface area contributed by atoms with Crippen LogP contribution in [-0.2, 0) is 4.74 Å². The topological polar surface area (TPSA) is 76.9 Å². The number of nitrogens with zero attached hydrogens (tertiary/aromatic N) is 3. The van der Waals surface area contributed by atoms with Gasteiger partial charge in [0.1, 0.15) is 5.82 Å². The van der Waals surface area contributed by atoms with E-state index in [0.29, 0.717) is 49.4 Å². The van der Waals surface area contributed by atoms with Crippen LogP contribution >= 0.6 is 12.4 Å². The molecule has 0 unspecified atom stereocenters. The molecule has 2 N–H and O–H groups in total. The van der Waals surface area contributed by atoms with Crippen LogP contribution in [0.1, 0.15) is 24.1 Å². The van der Waals surface area contributed by atoms with E-state index in [1.165, 1.54) is 0 Å². The van der Waals surface area contributed by atoms with Crippen LogP contribution in [0.4, 0.5) is 10.3 Å². The Morgan fingerprint density at radius 3 is 2.57 bits per heavy atom. The van der Waals surface area contributed by atoms with E-state index in [1.807, 2.05) is 48.2 Å². The number of halogens is 2. The van der Waals surface area contributed by atoms with Crippen molar-refractivity contribution in [2.45, 2.75) is 12.8 Å². The number of aromatic nitrogens is 1. The van der Waals surface area contributed by atoms with E-state index in [4.69, 9.17) is 15.0 Å². The van der Waals surface area contributed by atoms with Crippen LogP contribution in [0.15, 0.2) is 64.1 Å². The van der Waals surface area contributed by atoms with E-state index in [-0.39, 0.29) is 24.1 Å². The number of morpholine rings is 1. The molecular weight excluding hydrogens is 407 g/mol. The summed E-state index contributed by atoms with van der Waals surface area (Å²) in [4.78, 5) is 6.25. The quantitative estimate of drug-likeness (QED) is 0.492. The highest BCUT2D eigenvalue weighted by Gasteiger charge is 2.18. The van der Waals surface area contributed by atoms with Gasteiger partial charge in [0.2, 0.25) is 0 Å². The average Bonchev–Trinajstić information content (AvgIpc) is 3.23. The molecule has 1 aliphatic heterocycles. The van der Waals surface area contributed by atoms with Gasteiger partial charge >= 0.3 is 0 Å². The largest absolute Gasteiger partial charge is 0.378 e. The molecule has 3 aromatic rings. The summed E-state index contributed by atoms with van der Waals surface area (Å²) in [7, 11) is 0. The van der Waals surface area contributed by atoms with Gasteiger partial charge < -0.3 is 19.9 Å². The van der Waals surface area contributed by atoms with Crippen LogP contribution in [-0.4, -0.2) is 42.3 Å². The number of hydrogen-bond donors (Lipinski definition) is 1. The second-order valence-corrected chi connectivity index (χ2v) is 6.99. The number of nitrogens with two attached hydrogens (primary N) is 1. The lowest BCUT2D eigenvalue weighted by atomic mass is 9.95. The van der Waals surface area contributed by atoms with Crippen LogP contribution in [0.2, 0.25) is 0 Å². The summed E-state index contributed by atoms with van der Waals surface area (Å²) in [5, 5.41) is 4.10. The molecule has 30 heavy (non-hydrogen) atoms. The maximum Gasteiger partial charge on any atom is 0.253 e. The van der Waals surface area contributed by atoms with Crippen LogP contribution in [0.3, 0.4) is 0 Å². The molecule has 0 saturated carbocycles. The second kappa shape index (κ2) is 9.73. The van der Waals surface area contributed by atoms with Gasteiger partial charge in [0.15, 0.2) is 5.96 Å². The van der Waals surface area contributed by atoms with Crippen molar-refractivity contribution in [1.82, 2.24) is 10.1 Å². The molecule has 6 nitrogen and oxygen atoms in total. The van der Waals surface area contributed by atoms with Gasteiger partial charge in [0.05, 0.1) is 18.9 Å². The number of guanidine groups is 1. The summed E-state index contributed by atoms with van der Waals surface area (Å²) in [6.07, 6.45) is 0. The highest BCUT2D eigenvalue weighted by atomic mass is 35.5. The van der Waals surface area contributed by atoms with Gasteiger partial charge in [-0.1, -0.05) is 54.5 Å². The van der Waals surface area contributed by atoms with Crippen molar-refractivity contribution in [2.24, 2.45) is 10.7 Å². The predicted molar refractivity (Wildman–Crippen MR) is 117 cm³/mol. The van der Waals surface area contributed by atoms with Gasteiger partial charge in [-0.2, -0.15) is 4.99 Å². The standard InChI is InChI=1S/C22H23FN4O2.ClH/c1-15(17-7-8-18(19(23)13-17)16-5-3-2-4-6-16)20-14-21(29-26-20)25-22(24)27-9-11-28-12-10-27;/h2-8,13-15H,9-12H2,1H3,(H2,24,25);1H/t15-;/m0./s1. The van der Waals surface area contributed by atoms with Crippen LogP contribution < -0.4 is 5.73 Å². The molecule has 0 spiro atoms. The maximum absolute atomic E-state index is 14.7. The first-order valence-electron chi connectivity index (χ1n) is 9.60. The molecule has 0 aliphatic carbocycles. The fraction of sp³-hybridized carbons (Fsp3) is 0.273. The zero-order valence-electron chi connectivity index (χ0n) is 16.6. The molecule has 4 rings (SSSR count). The van der Waals surface area contributed by atoms with Crippen LogP contribution in [0.5, 0.6) is 0 Å². The first kappa shape index (κ1) is 21.8. The highest BCUT2D eigenvalue weighted by Crippen LogP contribution is 2.30. The van der Waals surface area contributed by atoms with Crippen LogP contribution in [0, 0.1) is 5.82 Å². The van der Waals surface area contributed by atoms with E-state index >= 15 is 0 Å². The summed E-state index contributed by atoms with van der Waals surface area (Å²) in [6, 6.07) is 16.5. The van der Waals surface area contributed by atoms with E-state index < -0.39 is 0 Å². The Bertz CT molecular complexity index is 1000. The van der Waals surface area contributed by atoms with Crippen molar-refractivity contribution >= 4 is 24.3 Å². The Labute approximate surface area is 180 Å². The Kier molecular flexibility index (Phi) is 7.07. The summed E-state index contributed by atoms with van der Waals surface area (Å²) in [6.45, 7) is 4.59. The van der Waals surface area contributed by atoms with Crippen molar-refractivity contribution < 1.29 is 13.7 Å². The van der Waals surface area contributed by atoms with E-state index in [2.05, 4.69) is 10.1 Å². The first-order valence-corrected chi connectivity index (χ1v) is 9.60. The molecule has 0 amide bonds. The Morgan fingerprint density at radius 2 is 1.87 bits per heavy atom. The van der Waals surface area contributed by atoms with E-state index in [0.717, 1.165) is 11.1 Å². The molecule has 1 aliphatic rings. The van der Waals surface area contributed by atoms with Gasteiger partial charge in [-0.15, -0.1) is 12.4 Å². The predicted octanol–water partition coefficient (Wildman–Crippen LogP) is 4.33. The molecule has 2 heterocycles. The number of aliphatic imine (C=N–C) groups is 1. The molecular formula is C22H24ClFN4O2. The van der Waals surface area contributed by atoms with Gasteiger partial charge in [0, 0.05) is 30.6 Å². The molecule has 8 heteroatoms. The third-order valence-corrected chi connectivity index (χ3v) is 5.10. The molecule has 0 radical (unpaired) electrons. The minimum Gasteiger partial charge on any atom is -0.378 e.